The van der Waals surface area contributed by atoms with Crippen LogP contribution in [-0.4, -0.2) is 97.1 Å². The average Bonchev–Trinajstić information content (AvgIpc) is 3.35. The number of sulfonamides is 1. The number of carbonyl (C=O) groups is 3. The Morgan fingerprint density at radius 1 is 1.00 bits per heavy atom. The van der Waals surface area contributed by atoms with E-state index in [0.29, 0.717) is 31.9 Å². The normalized spacial score (nSPS) is 22.5. The molecule has 12 heteroatoms. The van der Waals surface area contributed by atoms with Gasteiger partial charge in [-0.25, -0.2) is 13.2 Å². The Kier molecular flexibility index (Phi) is 9.04. The molecule has 2 N–H and O–H groups in total. The average molecular weight is 537 g/mol. The van der Waals surface area contributed by atoms with Crippen LogP contribution in [-0.2, 0) is 30.1 Å². The van der Waals surface area contributed by atoms with E-state index in [1.54, 1.807) is 35.2 Å². The number of urea groups is 1. The summed E-state index contributed by atoms with van der Waals surface area (Å²) < 4.78 is 33.4. The Bertz CT molecular complexity index is 1060. The van der Waals surface area contributed by atoms with Gasteiger partial charge in [-0.2, -0.15) is 4.31 Å². The molecule has 2 aliphatic heterocycles. The van der Waals surface area contributed by atoms with Gasteiger partial charge in [0, 0.05) is 32.2 Å². The van der Waals surface area contributed by atoms with Crippen LogP contribution in [0.4, 0.5) is 4.79 Å². The SMILES string of the molecule is O=C(O)CC(NC(=O)C1N(C(=O)N2CCOCC2)CCN1S(=O)(=O)Cc1ccccc1)C1CCCCC1. The molecule has 3 aliphatic rings. The molecular weight excluding hydrogens is 500 g/mol. The predicted molar refractivity (Wildman–Crippen MR) is 135 cm³/mol. The molecule has 3 fully saturated rings. The molecule has 2 saturated heterocycles. The van der Waals surface area contributed by atoms with Crippen molar-refractivity contribution in [1.82, 2.24) is 19.4 Å². The first-order valence-corrected chi connectivity index (χ1v) is 14.6. The first kappa shape index (κ1) is 27.3. The van der Waals surface area contributed by atoms with Crippen molar-refractivity contribution < 1.29 is 32.6 Å². The van der Waals surface area contributed by atoms with Gasteiger partial charge in [0.25, 0.3) is 5.91 Å². The number of rotatable bonds is 8. The van der Waals surface area contributed by atoms with E-state index in [4.69, 9.17) is 4.74 Å². The van der Waals surface area contributed by atoms with Gasteiger partial charge in [0.15, 0.2) is 6.17 Å². The van der Waals surface area contributed by atoms with Gasteiger partial charge in [0.2, 0.25) is 10.0 Å². The summed E-state index contributed by atoms with van der Waals surface area (Å²) in [5.74, 6) is -2.00. The Labute approximate surface area is 217 Å². The van der Waals surface area contributed by atoms with Crippen molar-refractivity contribution in [3.63, 3.8) is 0 Å². The van der Waals surface area contributed by atoms with E-state index in [2.05, 4.69) is 5.32 Å². The van der Waals surface area contributed by atoms with E-state index in [1.165, 1.54) is 4.90 Å². The molecule has 37 heavy (non-hydrogen) atoms. The number of nitrogens with one attached hydrogen (secondary N) is 1. The fourth-order valence-corrected chi connectivity index (χ4v) is 7.14. The summed E-state index contributed by atoms with van der Waals surface area (Å²) in [5.41, 5.74) is 0.575. The lowest BCUT2D eigenvalue weighted by molar-refractivity contribution is -0.138. The number of amides is 3. The second-order valence-electron chi connectivity index (χ2n) is 9.91. The van der Waals surface area contributed by atoms with Crippen LogP contribution in [0.3, 0.4) is 0 Å². The minimum atomic E-state index is -3.97. The molecule has 2 heterocycles. The molecule has 1 aliphatic carbocycles. The Hall–Kier alpha value is -2.70. The third kappa shape index (κ3) is 6.79. The van der Waals surface area contributed by atoms with Gasteiger partial charge >= 0.3 is 12.0 Å². The second-order valence-corrected chi connectivity index (χ2v) is 11.8. The smallest absolute Gasteiger partial charge is 0.321 e. The maximum Gasteiger partial charge on any atom is 0.321 e. The molecule has 0 spiro atoms. The monoisotopic (exact) mass is 536 g/mol. The van der Waals surface area contributed by atoms with Crippen LogP contribution in [0.1, 0.15) is 44.1 Å². The first-order valence-electron chi connectivity index (χ1n) is 12.9. The molecule has 11 nitrogen and oxygen atoms in total. The summed E-state index contributed by atoms with van der Waals surface area (Å²) in [6.07, 6.45) is 2.95. The topological polar surface area (TPSA) is 137 Å². The lowest BCUT2D eigenvalue weighted by Crippen LogP contribution is -2.59. The quantitative estimate of drug-likeness (QED) is 0.513. The molecule has 2 atom stereocenters. The molecule has 1 saturated carbocycles. The summed E-state index contributed by atoms with van der Waals surface area (Å²) in [7, 11) is -3.97. The maximum absolute atomic E-state index is 13.7. The number of morpholine rings is 1. The molecule has 0 radical (unpaired) electrons. The van der Waals surface area contributed by atoms with Gasteiger partial charge in [-0.3, -0.25) is 14.5 Å². The van der Waals surface area contributed by atoms with Crippen molar-refractivity contribution in [2.75, 3.05) is 39.4 Å². The van der Waals surface area contributed by atoms with Gasteiger partial charge < -0.3 is 20.1 Å². The highest BCUT2D eigenvalue weighted by atomic mass is 32.2. The van der Waals surface area contributed by atoms with E-state index in [-0.39, 0.29) is 31.2 Å². The number of ether oxygens (including phenoxy) is 1. The van der Waals surface area contributed by atoms with Crippen LogP contribution in [0.2, 0.25) is 0 Å². The molecule has 204 valence electrons. The lowest BCUT2D eigenvalue weighted by Gasteiger charge is -2.36. The third-order valence-electron chi connectivity index (χ3n) is 7.38. The summed E-state index contributed by atoms with van der Waals surface area (Å²) in [6.45, 7) is 1.49. The molecule has 0 aromatic heterocycles. The van der Waals surface area contributed by atoms with Crippen molar-refractivity contribution in [2.24, 2.45) is 5.92 Å². The number of aliphatic carboxylic acids is 1. The Balaban J connectivity index is 1.60. The van der Waals surface area contributed by atoms with Gasteiger partial charge in [0.1, 0.15) is 0 Å². The first-order chi connectivity index (χ1) is 17.8. The summed E-state index contributed by atoms with van der Waals surface area (Å²) in [5, 5.41) is 12.4. The summed E-state index contributed by atoms with van der Waals surface area (Å²) in [4.78, 5) is 41.6. The summed E-state index contributed by atoms with van der Waals surface area (Å²) >= 11 is 0. The van der Waals surface area contributed by atoms with Gasteiger partial charge in [0.05, 0.1) is 25.4 Å². The third-order valence-corrected chi connectivity index (χ3v) is 9.18. The number of carboxylic acid groups (broad SMARTS) is 1. The Morgan fingerprint density at radius 3 is 2.32 bits per heavy atom. The number of hydrogen-bond donors (Lipinski definition) is 2. The van der Waals surface area contributed by atoms with Crippen molar-refractivity contribution in [3.8, 4) is 0 Å². The molecule has 2 unspecified atom stereocenters. The van der Waals surface area contributed by atoms with Crippen LogP contribution < -0.4 is 5.32 Å². The predicted octanol–water partition coefficient (Wildman–Crippen LogP) is 1.45. The van der Waals surface area contributed by atoms with E-state index in [0.717, 1.165) is 36.4 Å². The standard InChI is InChI=1S/C25H36N4O7S/c30-22(31)17-21(20-9-5-2-6-10-20)26-23(32)24-28(25(33)27-13-15-36-16-14-27)11-12-29(24)37(34,35)18-19-7-3-1-4-8-19/h1,3-4,7-8,20-21,24H,2,5-6,9-18H2,(H,26,32)(H,30,31). The molecule has 1 aromatic carbocycles. The minimum absolute atomic E-state index is 0.00651. The number of carboxylic acids is 1. The van der Waals surface area contributed by atoms with E-state index >= 15 is 0 Å². The Morgan fingerprint density at radius 2 is 1.68 bits per heavy atom. The van der Waals surface area contributed by atoms with Crippen LogP contribution in [0.5, 0.6) is 0 Å². The minimum Gasteiger partial charge on any atom is -0.481 e. The highest BCUT2D eigenvalue weighted by Gasteiger charge is 2.47. The zero-order chi connectivity index (χ0) is 26.4. The molecule has 0 bridgehead atoms. The molecular formula is C25H36N4O7S. The van der Waals surface area contributed by atoms with Gasteiger partial charge in [-0.05, 0) is 24.3 Å². The number of nitrogens with zero attached hydrogens (tertiary/aromatic N) is 3. The molecule has 4 rings (SSSR count). The number of hydrogen-bond acceptors (Lipinski definition) is 6. The van der Waals surface area contributed by atoms with Crippen molar-refractivity contribution in [2.45, 2.75) is 56.5 Å². The highest BCUT2D eigenvalue weighted by molar-refractivity contribution is 7.88. The summed E-state index contributed by atoms with van der Waals surface area (Å²) in [6, 6.07) is 7.62. The largest absolute Gasteiger partial charge is 0.481 e. The van der Waals surface area contributed by atoms with E-state index in [9.17, 15) is 27.9 Å². The van der Waals surface area contributed by atoms with Crippen LogP contribution in [0.15, 0.2) is 30.3 Å². The number of benzene rings is 1. The van der Waals surface area contributed by atoms with E-state index < -0.39 is 40.1 Å². The highest BCUT2D eigenvalue weighted by Crippen LogP contribution is 2.29. The van der Waals surface area contributed by atoms with Crippen LogP contribution in [0.25, 0.3) is 0 Å². The van der Waals surface area contributed by atoms with Gasteiger partial charge in [-0.15, -0.1) is 0 Å². The second kappa shape index (κ2) is 12.2. The van der Waals surface area contributed by atoms with Crippen LogP contribution >= 0.6 is 0 Å². The van der Waals surface area contributed by atoms with Crippen molar-refractivity contribution in [1.29, 1.82) is 0 Å². The van der Waals surface area contributed by atoms with Crippen LogP contribution in [0, 0.1) is 5.92 Å². The fourth-order valence-electron chi connectivity index (χ4n) is 5.49. The number of carbonyl (C=O) groups excluding carboxylic acids is 2. The zero-order valence-electron chi connectivity index (χ0n) is 21.0. The molecule has 3 amide bonds. The van der Waals surface area contributed by atoms with Gasteiger partial charge in [-0.1, -0.05) is 49.6 Å². The maximum atomic E-state index is 13.7. The lowest BCUT2D eigenvalue weighted by atomic mass is 9.82. The van der Waals surface area contributed by atoms with Crippen molar-refractivity contribution in [3.05, 3.63) is 35.9 Å². The molecule has 1 aromatic rings. The van der Waals surface area contributed by atoms with E-state index in [1.807, 2.05) is 0 Å². The zero-order valence-corrected chi connectivity index (χ0v) is 21.8. The van der Waals surface area contributed by atoms with Crippen molar-refractivity contribution >= 4 is 27.9 Å². The fraction of sp³-hybridized carbons (Fsp3) is 0.640.